The lowest BCUT2D eigenvalue weighted by atomic mass is 10.2. The predicted octanol–water partition coefficient (Wildman–Crippen LogP) is 0.923. The SMILES string of the molecule is CN1CCCN(c2ccc(/C(N)=N/O)cc2)CC1. The zero-order chi connectivity index (χ0) is 13.0. The highest BCUT2D eigenvalue weighted by Gasteiger charge is 2.12. The average Bonchev–Trinajstić information content (AvgIpc) is 2.63. The van der Waals surface area contributed by atoms with Crippen LogP contribution in [-0.4, -0.2) is 49.2 Å². The lowest BCUT2D eigenvalue weighted by molar-refractivity contribution is 0.318. The van der Waals surface area contributed by atoms with Crippen molar-refractivity contribution in [1.29, 1.82) is 0 Å². The number of likely N-dealkylation sites (N-methyl/N-ethyl adjacent to an activating group) is 1. The van der Waals surface area contributed by atoms with Crippen LogP contribution in [0.5, 0.6) is 0 Å². The monoisotopic (exact) mass is 248 g/mol. The third-order valence-electron chi connectivity index (χ3n) is 3.36. The number of amidine groups is 1. The summed E-state index contributed by atoms with van der Waals surface area (Å²) in [6, 6.07) is 7.83. The Morgan fingerprint density at radius 2 is 1.89 bits per heavy atom. The van der Waals surface area contributed by atoms with Gasteiger partial charge in [0.05, 0.1) is 0 Å². The molecule has 0 amide bonds. The number of benzene rings is 1. The van der Waals surface area contributed by atoms with E-state index in [0.29, 0.717) is 0 Å². The number of hydrogen-bond donors (Lipinski definition) is 2. The van der Waals surface area contributed by atoms with Crippen LogP contribution in [0.15, 0.2) is 29.4 Å². The van der Waals surface area contributed by atoms with Crippen LogP contribution in [0.4, 0.5) is 5.69 Å². The van der Waals surface area contributed by atoms with E-state index in [1.807, 2.05) is 24.3 Å². The quantitative estimate of drug-likeness (QED) is 0.353. The van der Waals surface area contributed by atoms with E-state index in [1.54, 1.807) is 0 Å². The van der Waals surface area contributed by atoms with Crippen molar-refractivity contribution in [1.82, 2.24) is 4.90 Å². The van der Waals surface area contributed by atoms with Crippen molar-refractivity contribution in [2.45, 2.75) is 6.42 Å². The molecule has 1 aliphatic rings. The smallest absolute Gasteiger partial charge is 0.170 e. The van der Waals surface area contributed by atoms with E-state index >= 15 is 0 Å². The van der Waals surface area contributed by atoms with Gasteiger partial charge >= 0.3 is 0 Å². The molecule has 3 N–H and O–H groups in total. The number of nitrogens with two attached hydrogens (primary N) is 1. The average molecular weight is 248 g/mol. The van der Waals surface area contributed by atoms with Gasteiger partial charge in [0, 0.05) is 30.9 Å². The van der Waals surface area contributed by atoms with Crippen LogP contribution in [0.25, 0.3) is 0 Å². The minimum atomic E-state index is 0.150. The van der Waals surface area contributed by atoms with Crippen molar-refractivity contribution < 1.29 is 5.21 Å². The standard InChI is InChI=1S/C13H20N4O/c1-16-7-2-8-17(10-9-16)12-5-3-11(4-6-12)13(14)15-18/h3-6,18H,2,7-10H2,1H3,(H2,14,15). The van der Waals surface area contributed by atoms with Crippen molar-refractivity contribution in [3.63, 3.8) is 0 Å². The number of anilines is 1. The minimum Gasteiger partial charge on any atom is -0.409 e. The molecular weight excluding hydrogens is 228 g/mol. The molecule has 1 saturated heterocycles. The van der Waals surface area contributed by atoms with Crippen LogP contribution in [0, 0.1) is 0 Å². The molecule has 18 heavy (non-hydrogen) atoms. The van der Waals surface area contributed by atoms with Gasteiger partial charge in [-0.15, -0.1) is 0 Å². The summed E-state index contributed by atoms with van der Waals surface area (Å²) in [7, 11) is 2.16. The Morgan fingerprint density at radius 3 is 2.56 bits per heavy atom. The Labute approximate surface area is 107 Å². The number of nitrogens with zero attached hydrogens (tertiary/aromatic N) is 3. The van der Waals surface area contributed by atoms with Gasteiger partial charge in [0.2, 0.25) is 0 Å². The highest BCUT2D eigenvalue weighted by atomic mass is 16.4. The van der Waals surface area contributed by atoms with Gasteiger partial charge in [0.15, 0.2) is 5.84 Å². The van der Waals surface area contributed by atoms with E-state index in [1.165, 1.54) is 12.1 Å². The molecule has 5 nitrogen and oxygen atoms in total. The third kappa shape index (κ3) is 2.92. The molecule has 1 fully saturated rings. The molecule has 0 saturated carbocycles. The highest BCUT2D eigenvalue weighted by Crippen LogP contribution is 2.17. The van der Waals surface area contributed by atoms with E-state index in [4.69, 9.17) is 10.9 Å². The van der Waals surface area contributed by atoms with Crippen LogP contribution in [-0.2, 0) is 0 Å². The normalized spacial score (nSPS) is 18.7. The fraction of sp³-hybridized carbons (Fsp3) is 0.462. The van der Waals surface area contributed by atoms with E-state index in [2.05, 4.69) is 22.0 Å². The van der Waals surface area contributed by atoms with Crippen molar-refractivity contribution in [3.05, 3.63) is 29.8 Å². The summed E-state index contributed by atoms with van der Waals surface area (Å²) in [5.74, 6) is 0.150. The van der Waals surface area contributed by atoms with Gasteiger partial charge in [0.25, 0.3) is 0 Å². The zero-order valence-corrected chi connectivity index (χ0v) is 10.7. The molecule has 5 heteroatoms. The second-order valence-electron chi connectivity index (χ2n) is 4.68. The molecule has 1 aromatic rings. The van der Waals surface area contributed by atoms with Crippen LogP contribution in [0.1, 0.15) is 12.0 Å². The molecule has 0 spiro atoms. The van der Waals surface area contributed by atoms with Gasteiger partial charge in [0.1, 0.15) is 0 Å². The second-order valence-corrected chi connectivity index (χ2v) is 4.68. The Kier molecular flexibility index (Phi) is 4.04. The maximum Gasteiger partial charge on any atom is 0.170 e. The van der Waals surface area contributed by atoms with Crippen LogP contribution >= 0.6 is 0 Å². The summed E-state index contributed by atoms with van der Waals surface area (Å²) in [5, 5.41) is 11.6. The van der Waals surface area contributed by atoms with Crippen LogP contribution in [0.3, 0.4) is 0 Å². The highest BCUT2D eigenvalue weighted by molar-refractivity contribution is 5.97. The minimum absolute atomic E-state index is 0.150. The lowest BCUT2D eigenvalue weighted by Crippen LogP contribution is -2.28. The topological polar surface area (TPSA) is 65.1 Å². The lowest BCUT2D eigenvalue weighted by Gasteiger charge is -2.22. The van der Waals surface area contributed by atoms with E-state index in [9.17, 15) is 0 Å². The number of oxime groups is 1. The summed E-state index contributed by atoms with van der Waals surface area (Å²) in [5.41, 5.74) is 7.48. The first-order valence-corrected chi connectivity index (χ1v) is 6.22. The summed E-state index contributed by atoms with van der Waals surface area (Å²) in [6.45, 7) is 4.35. The molecule has 0 aliphatic carbocycles. The molecule has 2 rings (SSSR count). The van der Waals surface area contributed by atoms with Crippen molar-refractivity contribution >= 4 is 11.5 Å². The van der Waals surface area contributed by atoms with Crippen molar-refractivity contribution in [2.24, 2.45) is 10.9 Å². The van der Waals surface area contributed by atoms with Gasteiger partial charge < -0.3 is 20.7 Å². The molecular formula is C13H20N4O. The van der Waals surface area contributed by atoms with E-state index in [-0.39, 0.29) is 5.84 Å². The molecule has 1 heterocycles. The summed E-state index contributed by atoms with van der Waals surface area (Å²) in [4.78, 5) is 4.73. The summed E-state index contributed by atoms with van der Waals surface area (Å²) >= 11 is 0. The third-order valence-corrected chi connectivity index (χ3v) is 3.36. The molecule has 98 valence electrons. The van der Waals surface area contributed by atoms with Gasteiger partial charge in [-0.2, -0.15) is 0 Å². The van der Waals surface area contributed by atoms with Gasteiger partial charge in [-0.1, -0.05) is 5.16 Å². The Bertz CT molecular complexity index is 416. The Balaban J connectivity index is 2.09. The molecule has 0 atom stereocenters. The molecule has 0 unspecified atom stereocenters. The first-order chi connectivity index (χ1) is 8.70. The first-order valence-electron chi connectivity index (χ1n) is 6.22. The van der Waals surface area contributed by atoms with Crippen molar-refractivity contribution in [3.8, 4) is 0 Å². The fourth-order valence-electron chi connectivity index (χ4n) is 2.21. The van der Waals surface area contributed by atoms with Gasteiger partial charge in [-0.25, -0.2) is 0 Å². The molecule has 1 aromatic carbocycles. The maximum absolute atomic E-state index is 8.62. The molecule has 0 aromatic heterocycles. The largest absolute Gasteiger partial charge is 0.409 e. The summed E-state index contributed by atoms with van der Waals surface area (Å²) in [6.07, 6.45) is 1.18. The second kappa shape index (κ2) is 5.73. The van der Waals surface area contributed by atoms with E-state index < -0.39 is 0 Å². The Hall–Kier alpha value is -1.75. The predicted molar refractivity (Wildman–Crippen MR) is 73.3 cm³/mol. The van der Waals surface area contributed by atoms with Gasteiger partial charge in [-0.05, 0) is 44.3 Å². The fourth-order valence-corrected chi connectivity index (χ4v) is 2.21. The van der Waals surface area contributed by atoms with Gasteiger partial charge in [-0.3, -0.25) is 0 Å². The molecule has 1 aliphatic heterocycles. The maximum atomic E-state index is 8.62. The van der Waals surface area contributed by atoms with Crippen LogP contribution in [0.2, 0.25) is 0 Å². The Morgan fingerprint density at radius 1 is 1.17 bits per heavy atom. The number of hydrogen-bond acceptors (Lipinski definition) is 4. The van der Waals surface area contributed by atoms with Crippen LogP contribution < -0.4 is 10.6 Å². The molecule has 0 radical (unpaired) electrons. The molecule has 0 bridgehead atoms. The van der Waals surface area contributed by atoms with E-state index in [0.717, 1.165) is 31.7 Å². The summed E-state index contributed by atoms with van der Waals surface area (Å²) < 4.78 is 0. The number of rotatable bonds is 2. The first kappa shape index (κ1) is 12.7. The zero-order valence-electron chi connectivity index (χ0n) is 10.7. The van der Waals surface area contributed by atoms with Crippen molar-refractivity contribution in [2.75, 3.05) is 38.1 Å².